The predicted molar refractivity (Wildman–Crippen MR) is 353 cm³/mol. The average molecular weight is 1200 g/mol. The Morgan fingerprint density at radius 2 is 0.942 bits per heavy atom. The Kier molecular flexibility index (Phi) is 21.6. The molecule has 0 unspecified atom stereocenters. The minimum atomic E-state index is -0.269. The van der Waals surface area contributed by atoms with Crippen LogP contribution in [0.5, 0.6) is 0 Å². The first-order valence-electron chi connectivity index (χ1n) is 27.5. The molecule has 0 saturated carbocycles. The number of rotatable bonds is 9. The quantitative estimate of drug-likeness (QED) is 0.0597. The first-order chi connectivity index (χ1) is 40.1. The fourth-order valence-corrected chi connectivity index (χ4v) is 9.17. The number of anilines is 4. The Bertz CT molecular complexity index is 4390. The van der Waals surface area contributed by atoms with Crippen molar-refractivity contribution in [3.05, 3.63) is 180 Å². The van der Waals surface area contributed by atoms with E-state index in [1.165, 1.54) is 0 Å². The fraction of sp³-hybridized carbons (Fsp3) is 0.288. The van der Waals surface area contributed by atoms with E-state index in [2.05, 4.69) is 41.0 Å². The van der Waals surface area contributed by atoms with Crippen molar-refractivity contribution >= 4 is 95.8 Å². The molecular weight excluding hydrogens is 1120 g/mol. The molecule has 448 valence electrons. The summed E-state index contributed by atoms with van der Waals surface area (Å²) in [5, 5.41) is 15.5. The molecule has 7 heterocycles. The van der Waals surface area contributed by atoms with E-state index in [4.69, 9.17) is 34.1 Å². The number of pyridine rings is 6. The highest BCUT2D eigenvalue weighted by atomic mass is 35.5. The molecule has 10 aromatic rings. The molecule has 3 aromatic carbocycles. The Morgan fingerprint density at radius 3 is 1.33 bits per heavy atom. The molecule has 1 amide bonds. The molecule has 5 N–H and O–H groups in total. The number of aryl methyl sites for hydroxylation is 9. The van der Waals surface area contributed by atoms with Gasteiger partial charge in [-0.2, -0.15) is 4.98 Å². The van der Waals surface area contributed by atoms with E-state index in [0.29, 0.717) is 39.9 Å². The van der Waals surface area contributed by atoms with Gasteiger partial charge in [-0.25, -0.2) is 0 Å². The third kappa shape index (κ3) is 15.6. The van der Waals surface area contributed by atoms with Gasteiger partial charge in [-0.15, -0.1) is 0 Å². The van der Waals surface area contributed by atoms with Crippen molar-refractivity contribution in [2.75, 3.05) is 16.4 Å². The maximum atomic E-state index is 13.1. The van der Waals surface area contributed by atoms with Gasteiger partial charge in [0.1, 0.15) is 0 Å². The van der Waals surface area contributed by atoms with Crippen molar-refractivity contribution in [3.8, 4) is 33.4 Å². The number of halogens is 1. The number of amides is 1. The summed E-state index contributed by atoms with van der Waals surface area (Å²) in [4.78, 5) is 77.9. The second-order valence-corrected chi connectivity index (χ2v) is 22.6. The highest BCUT2D eigenvalue weighted by Crippen LogP contribution is 2.31. The van der Waals surface area contributed by atoms with Gasteiger partial charge >= 0.3 is 0 Å². The Morgan fingerprint density at radius 1 is 0.558 bits per heavy atom. The lowest BCUT2D eigenvalue weighted by atomic mass is 9.99. The molecule has 0 aliphatic heterocycles. The van der Waals surface area contributed by atoms with Gasteiger partial charge < -0.3 is 39.9 Å². The number of fused-ring (bicyclic) bond motifs is 3. The first-order valence-corrected chi connectivity index (χ1v) is 28.3. The number of carbonyl (C=O) groups excluding carboxylic acids is 2. The van der Waals surface area contributed by atoms with E-state index in [9.17, 15) is 24.0 Å². The molecule has 0 spiro atoms. The van der Waals surface area contributed by atoms with Gasteiger partial charge in [-0.05, 0) is 177 Å². The second kappa shape index (κ2) is 28.1. The standard InChI is InChI=1S/C22H23N5O2.C22H24N4O2S.C17H17N3O.C4H7ClO.CH4/c1-12(2)20-25-22(26-29-20)24-16-7-6-13(3)17(10-16)18-9-15-11-23-14(4)8-19(15)27(5)21(18)28;1-12(2)20(27)25-22(29)24-16-7-6-13(3)17(10-16)18-9-15-11-23-14(4)8-19(15)26(5)21(18)28;1-10-4-5-13(18)8-14(10)15-7-12-9-19-11(2)6-16(12)20(3)17(15)21;1-3(2)4(5)6;/h6-12H,1-5H3,(H,24,26);6-12H,1-5H3,(H2,24,25,27,29);4-9H,18H2,1-3H3;3H,1-2H3;1H4. The lowest BCUT2D eigenvalue weighted by molar-refractivity contribution is -0.122. The van der Waals surface area contributed by atoms with Crippen LogP contribution in [-0.2, 0) is 30.7 Å². The van der Waals surface area contributed by atoms with Crippen LogP contribution >= 0.6 is 23.8 Å². The van der Waals surface area contributed by atoms with E-state index in [1.807, 2.05) is 146 Å². The molecule has 0 saturated heterocycles. The van der Waals surface area contributed by atoms with Gasteiger partial charge in [0.25, 0.3) is 22.6 Å². The van der Waals surface area contributed by atoms with Gasteiger partial charge in [0, 0.05) is 124 Å². The Balaban J connectivity index is 0.000000198. The largest absolute Gasteiger partial charge is 0.399 e. The molecule has 0 radical (unpaired) electrons. The highest BCUT2D eigenvalue weighted by Gasteiger charge is 2.18. The summed E-state index contributed by atoms with van der Waals surface area (Å²) >= 11 is 10.2. The second-order valence-electron chi connectivity index (χ2n) is 21.8. The molecule has 20 heteroatoms. The summed E-state index contributed by atoms with van der Waals surface area (Å²) < 4.78 is 10.2. The number of nitrogens with one attached hydrogen (secondary N) is 3. The molecule has 0 fully saturated rings. The summed E-state index contributed by atoms with van der Waals surface area (Å²) in [6.45, 7) is 22.8. The summed E-state index contributed by atoms with van der Waals surface area (Å²) in [5.74, 6) is 0.791. The predicted octanol–water partition coefficient (Wildman–Crippen LogP) is 13.0. The third-order valence-corrected chi connectivity index (χ3v) is 14.6. The molecule has 0 bridgehead atoms. The first kappa shape index (κ1) is 65.9. The normalized spacial score (nSPS) is 10.9. The smallest absolute Gasteiger partial charge is 0.267 e. The minimum Gasteiger partial charge on any atom is -0.399 e. The molecular formula is C66H75ClN12O6S. The highest BCUT2D eigenvalue weighted by molar-refractivity contribution is 7.80. The molecule has 0 aliphatic rings. The Hall–Kier alpha value is -9.20. The van der Waals surface area contributed by atoms with E-state index in [1.54, 1.807) is 81.1 Å². The van der Waals surface area contributed by atoms with Crippen LogP contribution in [0.3, 0.4) is 0 Å². The van der Waals surface area contributed by atoms with E-state index < -0.39 is 0 Å². The number of nitrogen functional groups attached to an aromatic ring is 1. The maximum Gasteiger partial charge on any atom is 0.267 e. The average Bonchev–Trinajstić information content (AvgIpc) is 1.19. The van der Waals surface area contributed by atoms with Gasteiger partial charge in [-0.1, -0.05) is 67.2 Å². The molecule has 86 heavy (non-hydrogen) atoms. The summed E-state index contributed by atoms with van der Waals surface area (Å²) in [6.07, 6.45) is 5.38. The van der Waals surface area contributed by atoms with Crippen molar-refractivity contribution in [2.24, 2.45) is 33.0 Å². The van der Waals surface area contributed by atoms with Crippen LogP contribution in [0.2, 0.25) is 0 Å². The van der Waals surface area contributed by atoms with Gasteiger partial charge in [0.05, 0.1) is 16.6 Å². The van der Waals surface area contributed by atoms with Crippen molar-refractivity contribution in [2.45, 2.75) is 96.4 Å². The van der Waals surface area contributed by atoms with E-state index >= 15 is 0 Å². The molecule has 0 atom stereocenters. The number of nitrogens with two attached hydrogens (primary N) is 1. The molecule has 10 rings (SSSR count). The van der Waals surface area contributed by atoms with Crippen molar-refractivity contribution in [3.63, 3.8) is 0 Å². The number of aromatic nitrogens is 8. The zero-order chi connectivity index (χ0) is 62.3. The van der Waals surface area contributed by atoms with Gasteiger partial charge in [0.15, 0.2) is 5.11 Å². The van der Waals surface area contributed by atoms with Crippen molar-refractivity contribution in [1.82, 2.24) is 44.1 Å². The van der Waals surface area contributed by atoms with Crippen LogP contribution in [0.1, 0.15) is 94.5 Å². The SMILES string of the molecule is C.CC(C)C(=O)Cl.Cc1cc2c(cn1)cc(-c1cc(N)ccc1C)c(=O)n2C.Cc1cc2c(cn1)cc(-c1cc(NC(=S)NC(=O)C(C)C)ccc1C)c(=O)n2C.Cc1cc2c(cn1)cc(-c1cc(Nc3noc(C(C)C)n3)ccc1C)c(=O)n2C. The van der Waals surface area contributed by atoms with Gasteiger partial charge in [-0.3, -0.25) is 38.9 Å². The monoisotopic (exact) mass is 1200 g/mol. The lowest BCUT2D eigenvalue weighted by Crippen LogP contribution is -2.36. The minimum absolute atomic E-state index is 0. The van der Waals surface area contributed by atoms with Gasteiger partial charge in [0.2, 0.25) is 17.0 Å². The number of hydrogen-bond donors (Lipinski definition) is 4. The number of carbonyl (C=O) groups is 2. The van der Waals surface area contributed by atoms with E-state index in [0.717, 1.165) is 88.9 Å². The zero-order valence-corrected chi connectivity index (χ0v) is 52.1. The Labute approximate surface area is 510 Å². The van der Waals surface area contributed by atoms with Crippen LogP contribution in [0.15, 0.2) is 128 Å². The number of hydrogen-bond acceptors (Lipinski definition) is 14. The van der Waals surface area contributed by atoms with Crippen LogP contribution in [0.4, 0.5) is 23.0 Å². The number of nitrogens with zero attached hydrogens (tertiary/aromatic N) is 8. The fourth-order valence-electron chi connectivity index (χ4n) is 8.95. The summed E-state index contributed by atoms with van der Waals surface area (Å²) in [7, 11) is 5.34. The molecule has 0 aliphatic carbocycles. The van der Waals surface area contributed by atoms with Crippen molar-refractivity contribution < 1.29 is 14.1 Å². The molecule has 7 aromatic heterocycles. The third-order valence-electron chi connectivity index (χ3n) is 14.0. The maximum absolute atomic E-state index is 13.1. The van der Waals surface area contributed by atoms with Crippen LogP contribution in [0.25, 0.3) is 66.1 Å². The van der Waals surface area contributed by atoms with Crippen LogP contribution < -0.4 is 38.4 Å². The van der Waals surface area contributed by atoms with Crippen molar-refractivity contribution in [1.29, 1.82) is 0 Å². The van der Waals surface area contributed by atoms with E-state index in [-0.39, 0.29) is 58.1 Å². The topological polar surface area (TPSA) is 240 Å². The zero-order valence-electron chi connectivity index (χ0n) is 50.5. The summed E-state index contributed by atoms with van der Waals surface area (Å²) in [5.41, 5.74) is 20.5. The number of thiocarbonyl (C=S) groups is 1. The van der Waals surface area contributed by atoms with Crippen LogP contribution in [0, 0.1) is 53.4 Å². The lowest BCUT2D eigenvalue weighted by Gasteiger charge is -2.14. The molecule has 18 nitrogen and oxygen atoms in total. The van der Waals surface area contributed by atoms with Crippen LogP contribution in [-0.4, -0.2) is 55.1 Å². The summed E-state index contributed by atoms with van der Waals surface area (Å²) in [6, 6.07) is 28.5. The number of benzene rings is 3.